The number of anilines is 3. The second-order valence-corrected chi connectivity index (χ2v) is 6.87. The highest BCUT2D eigenvalue weighted by Crippen LogP contribution is 2.24. The fourth-order valence-corrected chi connectivity index (χ4v) is 2.45. The summed E-state index contributed by atoms with van der Waals surface area (Å²) < 4.78 is 0.965. The molecular weight excluding hydrogens is 372 g/mol. The van der Waals surface area contributed by atoms with Crippen LogP contribution < -0.4 is 10.6 Å². The summed E-state index contributed by atoms with van der Waals surface area (Å²) >= 11 is 3.45. The molecule has 3 N–H and O–H groups in total. The van der Waals surface area contributed by atoms with Crippen LogP contribution in [0.15, 0.2) is 41.3 Å². The van der Waals surface area contributed by atoms with E-state index in [9.17, 15) is 5.11 Å². The Hall–Kier alpha value is -2.32. The van der Waals surface area contributed by atoms with Crippen LogP contribution in [-0.4, -0.2) is 37.2 Å². The van der Waals surface area contributed by atoms with Crippen molar-refractivity contribution in [3.63, 3.8) is 0 Å². The third-order valence-corrected chi connectivity index (χ3v) is 3.80. The second kappa shape index (κ2) is 6.66. The standard InChI is InChI=1S/C16H17BrN6O/c1-16(2,8-24)23-15-18-7-12-13(22-15)14(20-9-19-12)21-11-5-3-4-10(17)6-11/h3-7,9,24H,8H2,1-2H3,(H,18,22,23)(H,19,20,21). The number of benzene rings is 1. The molecule has 124 valence electrons. The van der Waals surface area contributed by atoms with Crippen molar-refractivity contribution in [2.75, 3.05) is 17.2 Å². The lowest BCUT2D eigenvalue weighted by Crippen LogP contribution is -2.35. The maximum absolute atomic E-state index is 9.38. The minimum absolute atomic E-state index is 0.0389. The molecule has 24 heavy (non-hydrogen) atoms. The zero-order chi connectivity index (χ0) is 17.2. The Balaban J connectivity index is 1.98. The van der Waals surface area contributed by atoms with Crippen molar-refractivity contribution < 1.29 is 5.11 Å². The number of fused-ring (bicyclic) bond motifs is 1. The zero-order valence-corrected chi connectivity index (χ0v) is 14.9. The summed E-state index contributed by atoms with van der Waals surface area (Å²) in [4.78, 5) is 17.2. The lowest BCUT2D eigenvalue weighted by molar-refractivity contribution is 0.233. The summed E-state index contributed by atoms with van der Waals surface area (Å²) in [5.74, 6) is 0.999. The minimum Gasteiger partial charge on any atom is -0.394 e. The molecule has 3 aromatic rings. The van der Waals surface area contributed by atoms with Gasteiger partial charge in [-0.2, -0.15) is 0 Å². The molecule has 0 radical (unpaired) electrons. The first kappa shape index (κ1) is 16.5. The maximum atomic E-state index is 9.38. The van der Waals surface area contributed by atoms with Gasteiger partial charge in [-0.3, -0.25) is 0 Å². The summed E-state index contributed by atoms with van der Waals surface area (Å²) in [6.45, 7) is 3.69. The van der Waals surface area contributed by atoms with E-state index < -0.39 is 5.54 Å². The Kier molecular flexibility index (Phi) is 4.59. The van der Waals surface area contributed by atoms with Crippen molar-refractivity contribution in [3.8, 4) is 0 Å². The largest absolute Gasteiger partial charge is 0.394 e. The van der Waals surface area contributed by atoms with E-state index in [-0.39, 0.29) is 6.61 Å². The Bertz CT molecular complexity index is 870. The van der Waals surface area contributed by atoms with Crippen molar-refractivity contribution in [1.82, 2.24) is 19.9 Å². The molecule has 0 fully saturated rings. The molecule has 3 rings (SSSR count). The number of nitrogens with one attached hydrogen (secondary N) is 2. The quantitative estimate of drug-likeness (QED) is 0.617. The van der Waals surface area contributed by atoms with Crippen LogP contribution in [0.4, 0.5) is 17.5 Å². The number of halogens is 1. The number of hydrogen-bond acceptors (Lipinski definition) is 7. The molecule has 0 saturated carbocycles. The van der Waals surface area contributed by atoms with Gasteiger partial charge in [0.05, 0.1) is 18.3 Å². The van der Waals surface area contributed by atoms with Gasteiger partial charge in [-0.1, -0.05) is 22.0 Å². The predicted octanol–water partition coefficient (Wildman–Crippen LogP) is 3.11. The Morgan fingerprint density at radius 3 is 2.79 bits per heavy atom. The van der Waals surface area contributed by atoms with Crippen LogP contribution in [0.5, 0.6) is 0 Å². The molecule has 7 nitrogen and oxygen atoms in total. The second-order valence-electron chi connectivity index (χ2n) is 5.95. The molecule has 0 spiro atoms. The zero-order valence-electron chi connectivity index (χ0n) is 13.3. The first-order valence-electron chi connectivity index (χ1n) is 7.36. The molecular formula is C16H17BrN6O. The van der Waals surface area contributed by atoms with E-state index in [0.29, 0.717) is 22.8 Å². The number of rotatable bonds is 5. The first-order chi connectivity index (χ1) is 11.5. The molecule has 0 aliphatic heterocycles. The van der Waals surface area contributed by atoms with E-state index in [2.05, 4.69) is 46.5 Å². The van der Waals surface area contributed by atoms with Gasteiger partial charge in [0.2, 0.25) is 5.95 Å². The highest BCUT2D eigenvalue weighted by Gasteiger charge is 2.18. The Labute approximate surface area is 147 Å². The van der Waals surface area contributed by atoms with Crippen LogP contribution in [0.1, 0.15) is 13.8 Å². The maximum Gasteiger partial charge on any atom is 0.223 e. The fraction of sp³-hybridized carbons (Fsp3) is 0.250. The minimum atomic E-state index is -0.527. The summed E-state index contributed by atoms with van der Waals surface area (Å²) in [7, 11) is 0. The topological polar surface area (TPSA) is 95.9 Å². The van der Waals surface area contributed by atoms with E-state index >= 15 is 0 Å². The smallest absolute Gasteiger partial charge is 0.223 e. The number of nitrogens with zero attached hydrogens (tertiary/aromatic N) is 4. The Morgan fingerprint density at radius 1 is 1.21 bits per heavy atom. The number of hydrogen-bond donors (Lipinski definition) is 3. The van der Waals surface area contributed by atoms with Crippen molar-refractivity contribution >= 4 is 44.4 Å². The molecule has 0 amide bonds. The van der Waals surface area contributed by atoms with Crippen molar-refractivity contribution in [2.45, 2.75) is 19.4 Å². The molecule has 0 aliphatic carbocycles. The normalized spacial score (nSPS) is 11.5. The van der Waals surface area contributed by atoms with E-state index in [0.717, 1.165) is 10.2 Å². The van der Waals surface area contributed by atoms with Gasteiger partial charge in [-0.05, 0) is 32.0 Å². The predicted molar refractivity (Wildman–Crippen MR) is 97.3 cm³/mol. The third-order valence-electron chi connectivity index (χ3n) is 3.31. The van der Waals surface area contributed by atoms with Gasteiger partial charge >= 0.3 is 0 Å². The molecule has 0 unspecified atom stereocenters. The average molecular weight is 389 g/mol. The van der Waals surface area contributed by atoms with Crippen molar-refractivity contribution in [3.05, 3.63) is 41.3 Å². The molecule has 0 bridgehead atoms. The van der Waals surface area contributed by atoms with E-state index in [1.54, 1.807) is 6.20 Å². The monoisotopic (exact) mass is 388 g/mol. The first-order valence-corrected chi connectivity index (χ1v) is 8.15. The highest BCUT2D eigenvalue weighted by atomic mass is 79.9. The molecule has 2 aromatic heterocycles. The van der Waals surface area contributed by atoms with Gasteiger partial charge < -0.3 is 15.7 Å². The fourth-order valence-electron chi connectivity index (χ4n) is 2.05. The van der Waals surface area contributed by atoms with Gasteiger partial charge in [0.15, 0.2) is 5.82 Å². The lowest BCUT2D eigenvalue weighted by atomic mass is 10.1. The van der Waals surface area contributed by atoms with E-state index in [1.165, 1.54) is 6.33 Å². The van der Waals surface area contributed by atoms with Gasteiger partial charge in [-0.15, -0.1) is 0 Å². The van der Waals surface area contributed by atoms with E-state index in [1.807, 2.05) is 38.1 Å². The van der Waals surface area contributed by atoms with Crippen LogP contribution in [0.25, 0.3) is 11.0 Å². The molecule has 2 heterocycles. The summed E-state index contributed by atoms with van der Waals surface area (Å²) in [6.07, 6.45) is 3.10. The van der Waals surface area contributed by atoms with E-state index in [4.69, 9.17) is 0 Å². The molecule has 0 atom stereocenters. The number of aliphatic hydroxyl groups excluding tert-OH is 1. The van der Waals surface area contributed by atoms with Gasteiger partial charge in [0.1, 0.15) is 17.4 Å². The molecule has 0 aliphatic rings. The van der Waals surface area contributed by atoms with Gasteiger partial charge in [-0.25, -0.2) is 19.9 Å². The van der Waals surface area contributed by atoms with Gasteiger partial charge in [0.25, 0.3) is 0 Å². The van der Waals surface area contributed by atoms with Gasteiger partial charge in [0, 0.05) is 10.2 Å². The highest BCUT2D eigenvalue weighted by molar-refractivity contribution is 9.10. The van der Waals surface area contributed by atoms with Crippen LogP contribution in [-0.2, 0) is 0 Å². The summed E-state index contributed by atoms with van der Waals surface area (Å²) in [5.41, 5.74) is 1.59. The van der Waals surface area contributed by atoms with Crippen LogP contribution in [0.2, 0.25) is 0 Å². The van der Waals surface area contributed by atoms with Crippen LogP contribution in [0, 0.1) is 0 Å². The molecule has 8 heteroatoms. The molecule has 0 saturated heterocycles. The molecule has 1 aromatic carbocycles. The van der Waals surface area contributed by atoms with Crippen LogP contribution in [0.3, 0.4) is 0 Å². The van der Waals surface area contributed by atoms with Crippen LogP contribution >= 0.6 is 15.9 Å². The number of aliphatic hydroxyl groups is 1. The van der Waals surface area contributed by atoms with Crippen molar-refractivity contribution in [1.29, 1.82) is 0 Å². The summed E-state index contributed by atoms with van der Waals surface area (Å²) in [5, 5.41) is 15.7. The Morgan fingerprint density at radius 2 is 2.04 bits per heavy atom. The summed E-state index contributed by atoms with van der Waals surface area (Å²) in [6, 6.07) is 7.77. The number of aromatic nitrogens is 4. The SMILES string of the molecule is CC(C)(CO)Nc1ncc2ncnc(Nc3cccc(Br)c3)c2n1. The average Bonchev–Trinajstić information content (AvgIpc) is 2.55. The van der Waals surface area contributed by atoms with Crippen molar-refractivity contribution in [2.24, 2.45) is 0 Å². The third kappa shape index (κ3) is 3.77. The lowest BCUT2D eigenvalue weighted by Gasteiger charge is -2.23.